The number of ether oxygens (including phenoxy) is 1. The predicted octanol–water partition coefficient (Wildman–Crippen LogP) is 4.24. The van der Waals surface area contributed by atoms with E-state index in [1.807, 2.05) is 18.2 Å². The molecule has 102 valence electrons. The highest BCUT2D eigenvalue weighted by molar-refractivity contribution is 5.89. The second-order valence-electron chi connectivity index (χ2n) is 4.54. The molecule has 0 aliphatic carbocycles. The molecular weight excluding hydrogens is 248 g/mol. The average molecular weight is 266 g/mol. The number of carbonyl (C=O) groups excluding carboxylic acids is 1. The Labute approximate surface area is 119 Å². The van der Waals surface area contributed by atoms with Crippen molar-refractivity contribution < 1.29 is 9.53 Å². The van der Waals surface area contributed by atoms with Gasteiger partial charge in [-0.25, -0.2) is 4.79 Å². The molecular formula is C18H18O2. The Morgan fingerprint density at radius 2 is 1.80 bits per heavy atom. The van der Waals surface area contributed by atoms with Crippen LogP contribution in [0.5, 0.6) is 0 Å². The van der Waals surface area contributed by atoms with Crippen LogP contribution in [-0.2, 0) is 9.53 Å². The third-order valence-electron chi connectivity index (χ3n) is 3.01. The van der Waals surface area contributed by atoms with E-state index in [9.17, 15) is 4.79 Å². The lowest BCUT2D eigenvalue weighted by Gasteiger charge is -2.06. The van der Waals surface area contributed by atoms with E-state index in [-0.39, 0.29) is 5.97 Å². The summed E-state index contributed by atoms with van der Waals surface area (Å²) in [5.41, 5.74) is 4.48. The van der Waals surface area contributed by atoms with Crippen LogP contribution in [0.15, 0.2) is 54.6 Å². The Hall–Kier alpha value is -2.35. The van der Waals surface area contributed by atoms with Crippen molar-refractivity contribution in [1.29, 1.82) is 0 Å². The summed E-state index contributed by atoms with van der Waals surface area (Å²) in [6.45, 7) is 4.26. The number of esters is 1. The van der Waals surface area contributed by atoms with Gasteiger partial charge in [0.15, 0.2) is 0 Å². The lowest BCUT2D eigenvalue weighted by Crippen LogP contribution is -1.98. The van der Waals surface area contributed by atoms with Crippen LogP contribution in [0.2, 0.25) is 0 Å². The van der Waals surface area contributed by atoms with Crippen molar-refractivity contribution in [3.05, 3.63) is 65.7 Å². The van der Waals surface area contributed by atoms with Crippen molar-refractivity contribution in [2.75, 3.05) is 6.61 Å². The van der Waals surface area contributed by atoms with Gasteiger partial charge in [-0.3, -0.25) is 0 Å². The highest BCUT2D eigenvalue weighted by Gasteiger charge is 2.02. The highest BCUT2D eigenvalue weighted by Crippen LogP contribution is 2.25. The van der Waals surface area contributed by atoms with Crippen molar-refractivity contribution in [2.24, 2.45) is 0 Å². The third-order valence-corrected chi connectivity index (χ3v) is 3.01. The Bertz CT molecular complexity index is 610. The molecule has 0 aliphatic rings. The maximum Gasteiger partial charge on any atom is 0.330 e. The zero-order valence-corrected chi connectivity index (χ0v) is 11.8. The number of rotatable bonds is 4. The maximum absolute atomic E-state index is 11.4. The molecule has 0 aliphatic heterocycles. The third kappa shape index (κ3) is 3.58. The van der Waals surface area contributed by atoms with E-state index in [1.54, 1.807) is 13.0 Å². The molecule has 0 heterocycles. The molecule has 0 N–H and O–H groups in total. The normalized spacial score (nSPS) is 10.7. The molecule has 0 atom stereocenters. The van der Waals surface area contributed by atoms with Crippen LogP contribution in [0.25, 0.3) is 17.2 Å². The summed E-state index contributed by atoms with van der Waals surface area (Å²) < 4.78 is 4.90. The zero-order valence-electron chi connectivity index (χ0n) is 11.8. The molecule has 2 aromatic carbocycles. The van der Waals surface area contributed by atoms with Gasteiger partial charge in [0.1, 0.15) is 0 Å². The first-order chi connectivity index (χ1) is 9.70. The molecule has 2 aromatic rings. The van der Waals surface area contributed by atoms with Crippen molar-refractivity contribution >= 4 is 12.0 Å². The second kappa shape index (κ2) is 6.71. The van der Waals surface area contributed by atoms with Gasteiger partial charge in [-0.15, -0.1) is 0 Å². The van der Waals surface area contributed by atoms with Gasteiger partial charge in [0, 0.05) is 6.08 Å². The van der Waals surface area contributed by atoms with Crippen LogP contribution in [0, 0.1) is 6.92 Å². The molecule has 0 radical (unpaired) electrons. The fourth-order valence-corrected chi connectivity index (χ4v) is 1.99. The van der Waals surface area contributed by atoms with E-state index >= 15 is 0 Å². The molecule has 0 aromatic heterocycles. The van der Waals surface area contributed by atoms with Gasteiger partial charge >= 0.3 is 5.97 Å². The van der Waals surface area contributed by atoms with Gasteiger partial charge in [-0.1, -0.05) is 54.1 Å². The first-order valence-corrected chi connectivity index (χ1v) is 6.71. The Kier molecular flexibility index (Phi) is 4.72. The Morgan fingerprint density at radius 3 is 2.50 bits per heavy atom. The summed E-state index contributed by atoms with van der Waals surface area (Å²) in [4.78, 5) is 11.4. The van der Waals surface area contributed by atoms with Crippen molar-refractivity contribution in [3.63, 3.8) is 0 Å². The number of hydrogen-bond acceptors (Lipinski definition) is 2. The van der Waals surface area contributed by atoms with E-state index in [2.05, 4.69) is 37.3 Å². The molecule has 0 fully saturated rings. The van der Waals surface area contributed by atoms with Crippen molar-refractivity contribution in [2.45, 2.75) is 13.8 Å². The van der Waals surface area contributed by atoms with E-state index in [0.29, 0.717) is 6.61 Å². The molecule has 2 heteroatoms. The summed E-state index contributed by atoms with van der Waals surface area (Å²) >= 11 is 0. The summed E-state index contributed by atoms with van der Waals surface area (Å²) in [5.74, 6) is -0.314. The summed E-state index contributed by atoms with van der Waals surface area (Å²) in [6.07, 6.45) is 3.27. The topological polar surface area (TPSA) is 26.3 Å². The van der Waals surface area contributed by atoms with Crippen LogP contribution in [-0.4, -0.2) is 12.6 Å². The summed E-state index contributed by atoms with van der Waals surface area (Å²) in [7, 11) is 0. The SMILES string of the molecule is CCOC(=O)/C=C/c1ccccc1-c1ccc(C)cc1. The summed E-state index contributed by atoms with van der Waals surface area (Å²) in [6, 6.07) is 16.3. The monoisotopic (exact) mass is 266 g/mol. The minimum Gasteiger partial charge on any atom is -0.463 e. The fourth-order valence-electron chi connectivity index (χ4n) is 1.99. The van der Waals surface area contributed by atoms with Gasteiger partial charge in [-0.2, -0.15) is 0 Å². The van der Waals surface area contributed by atoms with E-state index in [1.165, 1.54) is 11.6 Å². The van der Waals surface area contributed by atoms with Crippen LogP contribution in [0.1, 0.15) is 18.1 Å². The first kappa shape index (κ1) is 14.1. The van der Waals surface area contributed by atoms with Gasteiger partial charge in [0.25, 0.3) is 0 Å². The van der Waals surface area contributed by atoms with Gasteiger partial charge in [-0.05, 0) is 36.6 Å². The average Bonchev–Trinajstić information content (AvgIpc) is 2.47. The molecule has 0 spiro atoms. The molecule has 0 amide bonds. The number of benzene rings is 2. The number of hydrogen-bond donors (Lipinski definition) is 0. The Morgan fingerprint density at radius 1 is 1.10 bits per heavy atom. The molecule has 2 nitrogen and oxygen atoms in total. The first-order valence-electron chi connectivity index (χ1n) is 6.71. The Balaban J connectivity index is 2.31. The van der Waals surface area contributed by atoms with E-state index in [4.69, 9.17) is 4.74 Å². The molecule has 20 heavy (non-hydrogen) atoms. The molecule has 0 saturated carbocycles. The van der Waals surface area contributed by atoms with Crippen molar-refractivity contribution in [3.8, 4) is 11.1 Å². The highest BCUT2D eigenvalue weighted by atomic mass is 16.5. The number of carbonyl (C=O) groups is 1. The molecule has 2 rings (SSSR count). The van der Waals surface area contributed by atoms with E-state index in [0.717, 1.165) is 16.7 Å². The van der Waals surface area contributed by atoms with Crippen LogP contribution < -0.4 is 0 Å². The zero-order chi connectivity index (χ0) is 14.4. The van der Waals surface area contributed by atoms with Gasteiger partial charge in [0.2, 0.25) is 0 Å². The molecule has 0 unspecified atom stereocenters. The largest absolute Gasteiger partial charge is 0.463 e. The number of aryl methyl sites for hydroxylation is 1. The lowest BCUT2D eigenvalue weighted by molar-refractivity contribution is -0.137. The quantitative estimate of drug-likeness (QED) is 0.611. The maximum atomic E-state index is 11.4. The van der Waals surface area contributed by atoms with Crippen LogP contribution >= 0.6 is 0 Å². The van der Waals surface area contributed by atoms with Gasteiger partial charge in [0.05, 0.1) is 6.61 Å². The summed E-state index contributed by atoms with van der Waals surface area (Å²) in [5, 5.41) is 0. The standard InChI is InChI=1S/C18H18O2/c1-3-20-18(19)13-12-15-6-4-5-7-17(15)16-10-8-14(2)9-11-16/h4-13H,3H2,1-2H3/b13-12+. The van der Waals surface area contributed by atoms with Crippen LogP contribution in [0.4, 0.5) is 0 Å². The second-order valence-corrected chi connectivity index (χ2v) is 4.54. The minimum atomic E-state index is -0.314. The fraction of sp³-hybridized carbons (Fsp3) is 0.167. The smallest absolute Gasteiger partial charge is 0.330 e. The van der Waals surface area contributed by atoms with Crippen molar-refractivity contribution in [1.82, 2.24) is 0 Å². The predicted molar refractivity (Wildman–Crippen MR) is 82.3 cm³/mol. The molecule has 0 bridgehead atoms. The van der Waals surface area contributed by atoms with E-state index < -0.39 is 0 Å². The minimum absolute atomic E-state index is 0.314. The molecule has 0 saturated heterocycles. The lowest BCUT2D eigenvalue weighted by atomic mass is 9.98. The van der Waals surface area contributed by atoms with Gasteiger partial charge < -0.3 is 4.74 Å². The van der Waals surface area contributed by atoms with Crippen LogP contribution in [0.3, 0.4) is 0 Å².